The Morgan fingerprint density at radius 3 is 1.40 bits per heavy atom. The first-order valence-corrected chi connectivity index (χ1v) is 22.6. The van der Waals surface area contributed by atoms with Crippen LogP contribution in [0.4, 0.5) is 4.11 Å². The van der Waals surface area contributed by atoms with Gasteiger partial charge in [0.15, 0.2) is 25.2 Å². The number of hydrogen-bond acceptors (Lipinski definition) is 3. The first kappa shape index (κ1) is 18.9. The van der Waals surface area contributed by atoms with Crippen molar-refractivity contribution in [1.29, 1.82) is 0 Å². The van der Waals surface area contributed by atoms with Crippen molar-refractivity contribution < 1.29 is 4.11 Å². The smallest absolute Gasteiger partial charge is 0.305 e. The lowest BCUT2D eigenvalue weighted by molar-refractivity contribution is 0.625. The molecule has 1 N–H and O–H groups in total. The lowest BCUT2D eigenvalue weighted by atomic mass is 11.8. The monoisotopic (exact) mass is 367 g/mol. The van der Waals surface area contributed by atoms with E-state index in [0.29, 0.717) is 0 Å². The molecule has 1 fully saturated rings. The molecular weight excluding hydrogens is 334 g/mol. The van der Waals surface area contributed by atoms with Crippen LogP contribution in [0.25, 0.3) is 0 Å². The second-order valence-electron chi connectivity index (χ2n) is 8.99. The molecule has 1 aliphatic rings. The van der Waals surface area contributed by atoms with E-state index in [0.717, 1.165) is 0 Å². The van der Waals surface area contributed by atoms with Crippen molar-refractivity contribution in [3.05, 3.63) is 0 Å². The molecule has 1 rings (SSSR count). The summed E-state index contributed by atoms with van der Waals surface area (Å²) < 4.78 is 24.4. The van der Waals surface area contributed by atoms with Crippen LogP contribution in [-0.4, -0.2) is 49.8 Å². The SMILES string of the molecule is C[Si](C)(C)N1[Si](C)(C)N[Si](C)(C)N([Si](C)(C)F)[Si]1(C)C. The van der Waals surface area contributed by atoms with Gasteiger partial charge in [0.25, 0.3) is 0 Å². The summed E-state index contributed by atoms with van der Waals surface area (Å²) in [4.78, 5) is 0. The van der Waals surface area contributed by atoms with Crippen molar-refractivity contribution in [1.82, 2.24) is 12.4 Å². The molecule has 1 saturated heterocycles. The van der Waals surface area contributed by atoms with Crippen molar-refractivity contribution in [3.63, 3.8) is 0 Å². The molecular formula is C11H34FN3Si5. The molecule has 9 heteroatoms. The fourth-order valence-corrected chi connectivity index (χ4v) is 51.5. The third-order valence-corrected chi connectivity index (χ3v) is 36.2. The Bertz CT molecular complexity index is 353. The molecule has 0 aromatic heterocycles. The van der Waals surface area contributed by atoms with Gasteiger partial charge in [0.1, 0.15) is 8.24 Å². The molecule has 0 radical (unpaired) electrons. The number of hydrogen-bond donors (Lipinski definition) is 1. The summed E-state index contributed by atoms with van der Waals surface area (Å²) in [6.45, 7) is 25.3. The van der Waals surface area contributed by atoms with Crippen LogP contribution in [-0.2, 0) is 0 Å². The van der Waals surface area contributed by atoms with Gasteiger partial charge in [-0.15, -0.1) is 0 Å². The summed E-state index contributed by atoms with van der Waals surface area (Å²) in [5.41, 5.74) is 0. The summed E-state index contributed by atoms with van der Waals surface area (Å²) in [6, 6.07) is 0. The highest BCUT2D eigenvalue weighted by atomic mass is 28.6. The van der Waals surface area contributed by atoms with E-state index in [4.69, 9.17) is 0 Å². The fourth-order valence-electron chi connectivity index (χ4n) is 5.30. The van der Waals surface area contributed by atoms with Crippen molar-refractivity contribution in [2.75, 3.05) is 0 Å². The predicted octanol–water partition coefficient (Wildman–Crippen LogP) is 3.81. The molecule has 0 unspecified atom stereocenters. The van der Waals surface area contributed by atoms with Gasteiger partial charge in [-0.25, -0.2) is 0 Å². The van der Waals surface area contributed by atoms with Crippen LogP contribution in [0.15, 0.2) is 0 Å². The minimum Gasteiger partial charge on any atom is -0.345 e. The number of nitrogens with one attached hydrogen (secondary N) is 1. The van der Waals surface area contributed by atoms with Crippen molar-refractivity contribution in [2.24, 2.45) is 0 Å². The second-order valence-corrected chi connectivity index (χ2v) is 31.7. The molecule has 3 nitrogen and oxygen atoms in total. The Morgan fingerprint density at radius 2 is 1.10 bits per heavy atom. The lowest BCUT2D eigenvalue weighted by Crippen LogP contribution is -2.94. The zero-order chi connectivity index (χ0) is 16.4. The molecule has 20 heavy (non-hydrogen) atoms. The van der Waals surface area contributed by atoms with Gasteiger partial charge < -0.3 is 12.4 Å². The molecule has 1 heterocycles. The maximum atomic E-state index is 15.2. The lowest BCUT2D eigenvalue weighted by Gasteiger charge is -2.67. The first-order valence-electron chi connectivity index (χ1n) is 7.53. The minimum absolute atomic E-state index is 1.48. The number of nitrogens with zero attached hydrogens (tertiary/aromatic N) is 2. The Labute approximate surface area is 130 Å². The molecule has 0 saturated carbocycles. The molecule has 0 bridgehead atoms. The van der Waals surface area contributed by atoms with Crippen LogP contribution >= 0.6 is 0 Å². The molecule has 0 aromatic rings. The van der Waals surface area contributed by atoms with Gasteiger partial charge in [0.05, 0.1) is 0 Å². The van der Waals surface area contributed by atoms with Crippen LogP contribution in [0.1, 0.15) is 0 Å². The van der Waals surface area contributed by atoms with Crippen molar-refractivity contribution in [3.8, 4) is 0 Å². The molecule has 0 atom stereocenters. The third kappa shape index (κ3) is 3.29. The highest BCUT2D eigenvalue weighted by Crippen LogP contribution is 2.39. The van der Waals surface area contributed by atoms with E-state index < -0.39 is 42.0 Å². The maximum absolute atomic E-state index is 15.2. The van der Waals surface area contributed by atoms with Crippen LogP contribution in [0.5, 0.6) is 0 Å². The van der Waals surface area contributed by atoms with Crippen molar-refractivity contribution in [2.45, 2.75) is 72.0 Å². The summed E-state index contributed by atoms with van der Waals surface area (Å²) in [5, 5.41) is 0. The van der Waals surface area contributed by atoms with Crippen LogP contribution in [0.2, 0.25) is 72.0 Å². The largest absolute Gasteiger partial charge is 0.345 e. The zero-order valence-corrected chi connectivity index (χ0v) is 20.3. The normalized spacial score (nSPS) is 27.6. The van der Waals surface area contributed by atoms with E-state index >= 15 is 4.11 Å². The van der Waals surface area contributed by atoms with E-state index in [1.165, 1.54) is 0 Å². The van der Waals surface area contributed by atoms with Gasteiger partial charge >= 0.3 is 8.57 Å². The van der Waals surface area contributed by atoms with E-state index in [2.05, 4.69) is 71.4 Å². The highest BCUT2D eigenvalue weighted by Gasteiger charge is 2.63. The Kier molecular flexibility index (Phi) is 4.68. The quantitative estimate of drug-likeness (QED) is 0.591. The first-order chi connectivity index (χ1) is 8.44. The Balaban J connectivity index is 3.50. The van der Waals surface area contributed by atoms with Crippen LogP contribution < -0.4 is 4.65 Å². The number of halogens is 1. The van der Waals surface area contributed by atoms with Gasteiger partial charge in [-0.3, -0.25) is 4.11 Å². The summed E-state index contributed by atoms with van der Waals surface area (Å²) in [6.07, 6.45) is 0. The van der Waals surface area contributed by atoms with Crippen LogP contribution in [0.3, 0.4) is 0 Å². The van der Waals surface area contributed by atoms with E-state index in [9.17, 15) is 0 Å². The van der Waals surface area contributed by atoms with Crippen molar-refractivity contribution >= 4 is 42.0 Å². The average Bonchev–Trinajstić information content (AvgIpc) is 1.85. The van der Waals surface area contributed by atoms with E-state index in [1.54, 1.807) is 0 Å². The highest BCUT2D eigenvalue weighted by molar-refractivity contribution is 7.16. The standard InChI is InChI=1S/C11H34FN3Si5/c1-16(2,3)14-18(6,7)13-19(8,9)15(17(4,5)12)20(14,10)11/h13H,1-11H3. The molecule has 0 amide bonds. The molecule has 1 aliphatic heterocycles. The predicted molar refractivity (Wildman–Crippen MR) is 101 cm³/mol. The molecule has 0 aliphatic carbocycles. The number of rotatable bonds is 2. The molecule has 0 spiro atoms. The summed E-state index contributed by atoms with van der Waals surface area (Å²) in [5.74, 6) is 0. The van der Waals surface area contributed by atoms with Gasteiger partial charge in [0.2, 0.25) is 0 Å². The Hall–Kier alpha value is 0.894. The van der Waals surface area contributed by atoms with Gasteiger partial charge in [0, 0.05) is 0 Å². The molecule has 120 valence electrons. The zero-order valence-electron chi connectivity index (χ0n) is 15.3. The van der Waals surface area contributed by atoms with E-state index in [-0.39, 0.29) is 0 Å². The Morgan fingerprint density at radius 1 is 0.750 bits per heavy atom. The van der Waals surface area contributed by atoms with Crippen LogP contribution in [0, 0.1) is 0 Å². The van der Waals surface area contributed by atoms with E-state index in [1.807, 2.05) is 13.1 Å². The average molecular weight is 368 g/mol. The van der Waals surface area contributed by atoms with Gasteiger partial charge in [-0.05, 0) is 52.4 Å². The van der Waals surface area contributed by atoms with Gasteiger partial charge in [-0.2, -0.15) is 0 Å². The topological polar surface area (TPSA) is 18.5 Å². The summed E-state index contributed by atoms with van der Waals surface area (Å²) in [7, 11) is -9.75. The maximum Gasteiger partial charge on any atom is 0.305 e. The van der Waals surface area contributed by atoms with Gasteiger partial charge in [-0.1, -0.05) is 19.6 Å². The fraction of sp³-hybridized carbons (Fsp3) is 1.00. The minimum atomic E-state index is -2.81. The second kappa shape index (κ2) is 4.95. The summed E-state index contributed by atoms with van der Waals surface area (Å²) >= 11 is 0. The molecule has 0 aromatic carbocycles. The third-order valence-electron chi connectivity index (χ3n) is 4.03.